The van der Waals surface area contributed by atoms with E-state index in [4.69, 9.17) is 4.74 Å². The largest absolute Gasteiger partial charge is 0.493 e. The van der Waals surface area contributed by atoms with Crippen LogP contribution >= 0.6 is 15.9 Å². The highest BCUT2D eigenvalue weighted by Gasteiger charge is 2.27. The molecule has 2 atom stereocenters. The van der Waals surface area contributed by atoms with Gasteiger partial charge in [0.2, 0.25) is 0 Å². The van der Waals surface area contributed by atoms with E-state index in [0.29, 0.717) is 5.92 Å². The van der Waals surface area contributed by atoms with Crippen molar-refractivity contribution in [3.05, 3.63) is 58.1 Å². The monoisotopic (exact) mass is 331 g/mol. The Balaban J connectivity index is 1.95. The topological polar surface area (TPSA) is 21.3 Å². The van der Waals surface area contributed by atoms with E-state index in [2.05, 4.69) is 65.4 Å². The van der Waals surface area contributed by atoms with Crippen LogP contribution in [0.4, 0.5) is 5.69 Å². The minimum absolute atomic E-state index is 0.285. The lowest BCUT2D eigenvalue weighted by molar-refractivity contribution is 0.214. The lowest BCUT2D eigenvalue weighted by atomic mass is 9.91. The highest BCUT2D eigenvalue weighted by molar-refractivity contribution is 9.10. The van der Waals surface area contributed by atoms with Crippen molar-refractivity contribution in [2.24, 2.45) is 5.92 Å². The minimum atomic E-state index is 0.285. The molecule has 1 N–H and O–H groups in total. The lowest BCUT2D eigenvalue weighted by Crippen LogP contribution is -2.29. The predicted molar refractivity (Wildman–Crippen MR) is 86.3 cm³/mol. The van der Waals surface area contributed by atoms with Gasteiger partial charge in [-0.05, 0) is 30.7 Å². The van der Waals surface area contributed by atoms with E-state index in [1.807, 2.05) is 12.1 Å². The zero-order chi connectivity index (χ0) is 14.1. The molecule has 0 fully saturated rings. The molecule has 2 aromatic carbocycles. The fourth-order valence-electron chi connectivity index (χ4n) is 2.63. The smallest absolute Gasteiger partial charge is 0.124 e. The lowest BCUT2D eigenvalue weighted by Gasteiger charge is -2.33. The highest BCUT2D eigenvalue weighted by atomic mass is 79.9. The SMILES string of the molecule is Cc1ccc(Br)cc1NC1c2ccccc2OCC1C. The fraction of sp³-hybridized carbons (Fsp3) is 0.294. The predicted octanol–water partition coefficient (Wildman–Crippen LogP) is 4.94. The molecule has 1 aliphatic heterocycles. The number of para-hydroxylation sites is 1. The van der Waals surface area contributed by atoms with E-state index in [9.17, 15) is 0 Å². The van der Waals surface area contributed by atoms with Crippen LogP contribution in [0.5, 0.6) is 5.75 Å². The number of aryl methyl sites for hydroxylation is 1. The molecule has 2 unspecified atom stereocenters. The van der Waals surface area contributed by atoms with Gasteiger partial charge in [-0.3, -0.25) is 0 Å². The summed E-state index contributed by atoms with van der Waals surface area (Å²) < 4.78 is 6.90. The third kappa shape index (κ3) is 2.55. The Bertz CT molecular complexity index is 626. The number of nitrogens with one attached hydrogen (secondary N) is 1. The van der Waals surface area contributed by atoms with Gasteiger partial charge in [0.25, 0.3) is 0 Å². The number of halogens is 1. The Morgan fingerprint density at radius 2 is 2.00 bits per heavy atom. The van der Waals surface area contributed by atoms with E-state index in [1.54, 1.807) is 0 Å². The molecule has 0 saturated carbocycles. The van der Waals surface area contributed by atoms with Gasteiger partial charge < -0.3 is 10.1 Å². The van der Waals surface area contributed by atoms with Gasteiger partial charge in [-0.2, -0.15) is 0 Å². The fourth-order valence-corrected chi connectivity index (χ4v) is 2.99. The number of hydrogen-bond donors (Lipinski definition) is 1. The van der Waals surface area contributed by atoms with Crippen LogP contribution < -0.4 is 10.1 Å². The summed E-state index contributed by atoms with van der Waals surface area (Å²) in [6, 6.07) is 14.9. The highest BCUT2D eigenvalue weighted by Crippen LogP contribution is 2.38. The van der Waals surface area contributed by atoms with E-state index < -0.39 is 0 Å². The third-order valence-electron chi connectivity index (χ3n) is 3.84. The number of benzene rings is 2. The molecule has 0 saturated heterocycles. The number of rotatable bonds is 2. The molecule has 2 aromatic rings. The first-order valence-electron chi connectivity index (χ1n) is 6.89. The second kappa shape index (κ2) is 5.49. The Labute approximate surface area is 128 Å². The van der Waals surface area contributed by atoms with Crippen LogP contribution in [0.15, 0.2) is 46.9 Å². The molecule has 3 rings (SSSR count). The summed E-state index contributed by atoms with van der Waals surface area (Å²) in [5, 5.41) is 3.69. The minimum Gasteiger partial charge on any atom is -0.493 e. The summed E-state index contributed by atoms with van der Waals surface area (Å²) in [6.07, 6.45) is 0. The van der Waals surface area contributed by atoms with E-state index in [0.717, 1.165) is 16.8 Å². The molecule has 1 heterocycles. The van der Waals surface area contributed by atoms with E-state index >= 15 is 0 Å². The molecule has 104 valence electrons. The van der Waals surface area contributed by atoms with Crippen LogP contribution in [0, 0.1) is 12.8 Å². The maximum absolute atomic E-state index is 5.81. The summed E-state index contributed by atoms with van der Waals surface area (Å²) in [6.45, 7) is 5.10. The quantitative estimate of drug-likeness (QED) is 0.841. The zero-order valence-corrected chi connectivity index (χ0v) is 13.3. The molecule has 2 nitrogen and oxygen atoms in total. The molecule has 0 amide bonds. The normalized spacial score (nSPS) is 20.9. The van der Waals surface area contributed by atoms with Gasteiger partial charge in [-0.25, -0.2) is 0 Å². The third-order valence-corrected chi connectivity index (χ3v) is 4.33. The first-order valence-corrected chi connectivity index (χ1v) is 7.69. The summed E-state index contributed by atoms with van der Waals surface area (Å²) in [7, 11) is 0. The van der Waals surface area contributed by atoms with Crippen molar-refractivity contribution in [2.45, 2.75) is 19.9 Å². The van der Waals surface area contributed by atoms with Crippen LogP contribution in [0.3, 0.4) is 0 Å². The van der Waals surface area contributed by atoms with Gasteiger partial charge in [-0.15, -0.1) is 0 Å². The molecule has 0 spiro atoms. The molecule has 20 heavy (non-hydrogen) atoms. The first-order chi connectivity index (χ1) is 9.65. The van der Waals surface area contributed by atoms with Gasteiger partial charge in [0.15, 0.2) is 0 Å². The van der Waals surface area contributed by atoms with Crippen molar-refractivity contribution >= 4 is 21.6 Å². The van der Waals surface area contributed by atoms with Crippen molar-refractivity contribution in [3.8, 4) is 5.75 Å². The number of fused-ring (bicyclic) bond motifs is 1. The maximum atomic E-state index is 5.81. The van der Waals surface area contributed by atoms with Gasteiger partial charge in [0.1, 0.15) is 5.75 Å². The Hall–Kier alpha value is -1.48. The van der Waals surface area contributed by atoms with Crippen molar-refractivity contribution in [1.82, 2.24) is 0 Å². The van der Waals surface area contributed by atoms with Crippen LogP contribution in [0.1, 0.15) is 24.1 Å². The number of anilines is 1. The van der Waals surface area contributed by atoms with Crippen LogP contribution in [-0.2, 0) is 0 Å². The van der Waals surface area contributed by atoms with Crippen molar-refractivity contribution in [2.75, 3.05) is 11.9 Å². The number of ether oxygens (including phenoxy) is 1. The Morgan fingerprint density at radius 3 is 2.85 bits per heavy atom. The summed E-state index contributed by atoms with van der Waals surface area (Å²) in [5.41, 5.74) is 3.67. The second-order valence-electron chi connectivity index (χ2n) is 5.41. The van der Waals surface area contributed by atoms with Gasteiger partial charge in [-0.1, -0.05) is 47.1 Å². The van der Waals surface area contributed by atoms with Gasteiger partial charge >= 0.3 is 0 Å². The summed E-state index contributed by atoms with van der Waals surface area (Å²) in [5.74, 6) is 1.43. The van der Waals surface area contributed by atoms with Crippen molar-refractivity contribution in [1.29, 1.82) is 0 Å². The maximum Gasteiger partial charge on any atom is 0.124 e. The van der Waals surface area contributed by atoms with Crippen molar-refractivity contribution in [3.63, 3.8) is 0 Å². The average molecular weight is 332 g/mol. The molecule has 0 aliphatic carbocycles. The Kier molecular flexibility index (Phi) is 3.70. The van der Waals surface area contributed by atoms with Gasteiger partial charge in [0.05, 0.1) is 12.6 Å². The summed E-state index contributed by atoms with van der Waals surface area (Å²) >= 11 is 3.54. The zero-order valence-electron chi connectivity index (χ0n) is 11.7. The molecule has 0 radical (unpaired) electrons. The molecule has 0 aromatic heterocycles. The summed E-state index contributed by atoms with van der Waals surface area (Å²) in [4.78, 5) is 0. The first kappa shape index (κ1) is 13.5. The molecule has 3 heteroatoms. The Morgan fingerprint density at radius 1 is 1.20 bits per heavy atom. The van der Waals surface area contributed by atoms with Crippen LogP contribution in [-0.4, -0.2) is 6.61 Å². The van der Waals surface area contributed by atoms with E-state index in [-0.39, 0.29) is 6.04 Å². The van der Waals surface area contributed by atoms with Crippen LogP contribution in [0.25, 0.3) is 0 Å². The number of hydrogen-bond acceptors (Lipinski definition) is 2. The van der Waals surface area contributed by atoms with Crippen molar-refractivity contribution < 1.29 is 4.74 Å². The average Bonchev–Trinajstić information content (AvgIpc) is 2.46. The second-order valence-corrected chi connectivity index (χ2v) is 6.32. The van der Waals surface area contributed by atoms with Gasteiger partial charge in [0, 0.05) is 21.6 Å². The van der Waals surface area contributed by atoms with E-state index in [1.165, 1.54) is 16.8 Å². The van der Waals surface area contributed by atoms with Crippen LogP contribution in [0.2, 0.25) is 0 Å². The standard InChI is InChI=1S/C17H18BrNO/c1-11-7-8-13(18)9-15(11)19-17-12(2)10-20-16-6-4-3-5-14(16)17/h3-9,12,17,19H,10H2,1-2H3. The molecule has 0 bridgehead atoms. The molecular weight excluding hydrogens is 314 g/mol. The molecular formula is C17H18BrNO. The molecule has 1 aliphatic rings.